The van der Waals surface area contributed by atoms with E-state index >= 15 is 0 Å². The molecule has 1 aliphatic carbocycles. The topological polar surface area (TPSA) is 131 Å². The largest absolute Gasteiger partial charge is 0.481 e. The van der Waals surface area contributed by atoms with E-state index < -0.39 is 11.9 Å². The number of carboxylic acids is 1. The first-order valence-electron chi connectivity index (χ1n) is 9.90. The zero-order valence-electron chi connectivity index (χ0n) is 16.4. The van der Waals surface area contributed by atoms with E-state index in [0.717, 1.165) is 25.7 Å². The molecule has 10 nitrogen and oxygen atoms in total. The van der Waals surface area contributed by atoms with Gasteiger partial charge >= 0.3 is 5.97 Å². The average Bonchev–Trinajstić information content (AvgIpc) is 3.34. The van der Waals surface area contributed by atoms with E-state index in [2.05, 4.69) is 20.8 Å². The highest BCUT2D eigenvalue weighted by molar-refractivity contribution is 6.08. The molecule has 10 heteroatoms. The Labute approximate surface area is 168 Å². The number of aryl methyl sites for hydroxylation is 2. The van der Waals surface area contributed by atoms with Gasteiger partial charge in [-0.1, -0.05) is 19.3 Å². The number of anilines is 1. The summed E-state index contributed by atoms with van der Waals surface area (Å²) in [7, 11) is 0. The maximum absolute atomic E-state index is 12.7. The van der Waals surface area contributed by atoms with E-state index in [1.165, 1.54) is 23.5 Å². The predicted molar refractivity (Wildman–Crippen MR) is 105 cm³/mol. The minimum atomic E-state index is -0.938. The minimum Gasteiger partial charge on any atom is -0.481 e. The Bertz CT molecular complexity index is 881. The maximum atomic E-state index is 12.7. The van der Waals surface area contributed by atoms with Crippen molar-refractivity contribution < 1.29 is 19.5 Å². The Morgan fingerprint density at radius 3 is 2.59 bits per heavy atom. The third-order valence-corrected chi connectivity index (χ3v) is 4.94. The van der Waals surface area contributed by atoms with Crippen LogP contribution >= 0.6 is 0 Å². The SMILES string of the molecule is CCn1cc(NC(=O)c2cnn(CCC(=O)O)c2)c(C(=O)NC2CCCCC2)n1. The van der Waals surface area contributed by atoms with Crippen LogP contribution in [0.5, 0.6) is 0 Å². The Morgan fingerprint density at radius 2 is 1.90 bits per heavy atom. The van der Waals surface area contributed by atoms with Gasteiger partial charge < -0.3 is 15.7 Å². The van der Waals surface area contributed by atoms with Gasteiger partial charge in [-0.25, -0.2) is 0 Å². The molecule has 2 aromatic heterocycles. The van der Waals surface area contributed by atoms with Crippen LogP contribution in [0, 0.1) is 0 Å². The van der Waals surface area contributed by atoms with Crippen molar-refractivity contribution in [3.05, 3.63) is 29.8 Å². The van der Waals surface area contributed by atoms with Crippen molar-refractivity contribution in [2.75, 3.05) is 5.32 Å². The number of hydrogen-bond donors (Lipinski definition) is 3. The summed E-state index contributed by atoms with van der Waals surface area (Å²) in [6.45, 7) is 2.63. The molecule has 2 heterocycles. The van der Waals surface area contributed by atoms with Gasteiger partial charge in [-0.05, 0) is 19.8 Å². The second kappa shape index (κ2) is 9.35. The van der Waals surface area contributed by atoms with Crippen LogP contribution < -0.4 is 10.6 Å². The molecule has 2 aromatic rings. The highest BCUT2D eigenvalue weighted by Gasteiger charge is 2.23. The van der Waals surface area contributed by atoms with Crippen LogP contribution in [-0.4, -0.2) is 48.5 Å². The summed E-state index contributed by atoms with van der Waals surface area (Å²) in [5.41, 5.74) is 0.797. The second-order valence-corrected chi connectivity index (χ2v) is 7.15. The lowest BCUT2D eigenvalue weighted by Crippen LogP contribution is -2.36. The smallest absolute Gasteiger partial charge is 0.305 e. The van der Waals surface area contributed by atoms with Crippen LogP contribution in [0.25, 0.3) is 0 Å². The first kappa shape index (κ1) is 20.6. The molecule has 0 unspecified atom stereocenters. The summed E-state index contributed by atoms with van der Waals surface area (Å²) < 4.78 is 3.00. The summed E-state index contributed by atoms with van der Waals surface area (Å²) in [6, 6.07) is 0.138. The maximum Gasteiger partial charge on any atom is 0.305 e. The summed E-state index contributed by atoms with van der Waals surface area (Å²) in [5.74, 6) is -1.67. The van der Waals surface area contributed by atoms with Gasteiger partial charge in [0, 0.05) is 25.0 Å². The number of amides is 2. The van der Waals surface area contributed by atoms with Gasteiger partial charge in [0.15, 0.2) is 5.69 Å². The zero-order valence-corrected chi connectivity index (χ0v) is 16.4. The number of carbonyl (C=O) groups excluding carboxylic acids is 2. The number of aliphatic carboxylic acids is 1. The first-order valence-corrected chi connectivity index (χ1v) is 9.90. The number of hydrogen-bond acceptors (Lipinski definition) is 5. The Kier molecular flexibility index (Phi) is 6.63. The van der Waals surface area contributed by atoms with E-state index in [1.54, 1.807) is 10.9 Å². The lowest BCUT2D eigenvalue weighted by Gasteiger charge is -2.22. The second-order valence-electron chi connectivity index (χ2n) is 7.15. The van der Waals surface area contributed by atoms with E-state index in [0.29, 0.717) is 12.2 Å². The molecule has 3 rings (SSSR count). The molecule has 0 spiro atoms. The fourth-order valence-corrected chi connectivity index (χ4v) is 3.35. The molecule has 156 valence electrons. The van der Waals surface area contributed by atoms with Crippen LogP contribution in [0.15, 0.2) is 18.6 Å². The van der Waals surface area contributed by atoms with Crippen molar-refractivity contribution in [3.8, 4) is 0 Å². The molecule has 0 radical (unpaired) electrons. The molecular formula is C19H26N6O4. The van der Waals surface area contributed by atoms with Gasteiger partial charge in [-0.2, -0.15) is 10.2 Å². The van der Waals surface area contributed by atoms with Gasteiger partial charge in [0.1, 0.15) is 0 Å². The van der Waals surface area contributed by atoms with Crippen molar-refractivity contribution in [2.24, 2.45) is 0 Å². The summed E-state index contributed by atoms with van der Waals surface area (Å²) in [6.07, 6.45) is 9.69. The Balaban J connectivity index is 1.69. The number of nitrogens with zero attached hydrogens (tertiary/aromatic N) is 4. The molecule has 0 aliphatic heterocycles. The van der Waals surface area contributed by atoms with Crippen molar-refractivity contribution >= 4 is 23.5 Å². The molecule has 0 aromatic carbocycles. The number of rotatable bonds is 8. The molecular weight excluding hydrogens is 376 g/mol. The van der Waals surface area contributed by atoms with Crippen LogP contribution in [0.2, 0.25) is 0 Å². The predicted octanol–water partition coefficient (Wildman–Crippen LogP) is 1.89. The van der Waals surface area contributed by atoms with Crippen LogP contribution in [0.3, 0.4) is 0 Å². The molecule has 3 N–H and O–H groups in total. The lowest BCUT2D eigenvalue weighted by molar-refractivity contribution is -0.137. The van der Waals surface area contributed by atoms with Gasteiger partial charge in [-0.3, -0.25) is 23.7 Å². The van der Waals surface area contributed by atoms with Crippen LogP contribution in [0.4, 0.5) is 5.69 Å². The monoisotopic (exact) mass is 402 g/mol. The lowest BCUT2D eigenvalue weighted by atomic mass is 9.95. The molecule has 1 aliphatic rings. The highest BCUT2D eigenvalue weighted by atomic mass is 16.4. The molecule has 0 atom stereocenters. The van der Waals surface area contributed by atoms with Gasteiger partial charge in [0.2, 0.25) is 0 Å². The summed E-state index contributed by atoms with van der Waals surface area (Å²) >= 11 is 0. The normalized spacial score (nSPS) is 14.5. The van der Waals surface area contributed by atoms with E-state index in [9.17, 15) is 14.4 Å². The van der Waals surface area contributed by atoms with Crippen LogP contribution in [-0.2, 0) is 17.9 Å². The molecule has 1 saturated carbocycles. The summed E-state index contributed by atoms with van der Waals surface area (Å²) in [4.78, 5) is 36.0. The third-order valence-electron chi connectivity index (χ3n) is 4.94. The number of carboxylic acid groups (broad SMARTS) is 1. The number of aromatic nitrogens is 4. The van der Waals surface area contributed by atoms with E-state index in [-0.39, 0.29) is 36.2 Å². The Morgan fingerprint density at radius 1 is 1.14 bits per heavy atom. The van der Waals surface area contributed by atoms with Crippen molar-refractivity contribution in [1.29, 1.82) is 0 Å². The molecule has 29 heavy (non-hydrogen) atoms. The van der Waals surface area contributed by atoms with Crippen molar-refractivity contribution in [1.82, 2.24) is 24.9 Å². The number of nitrogens with one attached hydrogen (secondary N) is 2. The minimum absolute atomic E-state index is 0.0858. The van der Waals surface area contributed by atoms with Crippen molar-refractivity contribution in [2.45, 2.75) is 64.6 Å². The fourth-order valence-electron chi connectivity index (χ4n) is 3.35. The van der Waals surface area contributed by atoms with Crippen LogP contribution in [0.1, 0.15) is 66.3 Å². The Hall–Kier alpha value is -3.17. The molecule has 0 saturated heterocycles. The van der Waals surface area contributed by atoms with Gasteiger partial charge in [0.25, 0.3) is 11.8 Å². The first-order chi connectivity index (χ1) is 14.0. The number of carbonyl (C=O) groups is 3. The van der Waals surface area contributed by atoms with Gasteiger partial charge in [0.05, 0.1) is 30.4 Å². The van der Waals surface area contributed by atoms with Gasteiger partial charge in [-0.15, -0.1) is 0 Å². The zero-order chi connectivity index (χ0) is 20.8. The summed E-state index contributed by atoms with van der Waals surface area (Å²) in [5, 5.41) is 22.8. The molecule has 0 bridgehead atoms. The quantitative estimate of drug-likeness (QED) is 0.618. The van der Waals surface area contributed by atoms with E-state index in [4.69, 9.17) is 5.11 Å². The highest BCUT2D eigenvalue weighted by Crippen LogP contribution is 2.20. The average molecular weight is 402 g/mol. The van der Waals surface area contributed by atoms with Crippen molar-refractivity contribution in [3.63, 3.8) is 0 Å². The van der Waals surface area contributed by atoms with E-state index in [1.807, 2.05) is 6.92 Å². The standard InChI is InChI=1S/C19H26N6O4/c1-2-24-12-15(17(23-24)19(29)21-14-6-4-3-5-7-14)22-18(28)13-10-20-25(11-13)9-8-16(26)27/h10-12,14H,2-9H2,1H3,(H,21,29)(H,22,28)(H,26,27). The fraction of sp³-hybridized carbons (Fsp3) is 0.526. The molecule has 1 fully saturated rings. The third kappa shape index (κ3) is 5.43. The molecule has 2 amide bonds.